The Labute approximate surface area is 101 Å². The molecule has 1 unspecified atom stereocenters. The Kier molecular flexibility index (Phi) is 4.28. The van der Waals surface area contributed by atoms with Gasteiger partial charge < -0.3 is 0 Å². The Bertz CT molecular complexity index is 475. The number of halogens is 1. The Balaban J connectivity index is 2.81. The summed E-state index contributed by atoms with van der Waals surface area (Å²) < 4.78 is 26.8. The van der Waals surface area contributed by atoms with Crippen molar-refractivity contribution in [2.75, 3.05) is 0 Å². The van der Waals surface area contributed by atoms with Crippen LogP contribution in [0, 0.1) is 11.3 Å². The Hall–Kier alpha value is -0.420. The number of rotatable bonds is 4. The van der Waals surface area contributed by atoms with Gasteiger partial charge in [0, 0.05) is 6.04 Å². The molecule has 4 nitrogen and oxygen atoms in total. The van der Waals surface area contributed by atoms with Crippen LogP contribution >= 0.6 is 27.3 Å². The van der Waals surface area contributed by atoms with E-state index < -0.39 is 10.0 Å². The van der Waals surface area contributed by atoms with Gasteiger partial charge in [-0.25, -0.2) is 13.1 Å². The van der Waals surface area contributed by atoms with E-state index in [9.17, 15) is 8.42 Å². The molecular formula is C8H9BrN2O2S2. The van der Waals surface area contributed by atoms with Gasteiger partial charge in [-0.15, -0.1) is 11.3 Å². The molecule has 1 N–H and O–H groups in total. The third-order valence-electron chi connectivity index (χ3n) is 1.57. The van der Waals surface area contributed by atoms with Crippen molar-refractivity contribution in [1.29, 1.82) is 5.26 Å². The van der Waals surface area contributed by atoms with E-state index >= 15 is 0 Å². The van der Waals surface area contributed by atoms with E-state index in [1.807, 2.05) is 6.07 Å². The van der Waals surface area contributed by atoms with E-state index in [4.69, 9.17) is 5.26 Å². The summed E-state index contributed by atoms with van der Waals surface area (Å²) in [7, 11) is -3.47. The predicted octanol–water partition coefficient (Wildman–Crippen LogP) is 2.09. The molecule has 1 aromatic heterocycles. The minimum absolute atomic E-state index is 0.159. The largest absolute Gasteiger partial charge is 0.250 e. The molecular weight excluding hydrogens is 300 g/mol. The zero-order chi connectivity index (χ0) is 11.5. The van der Waals surface area contributed by atoms with Crippen molar-refractivity contribution in [3.05, 3.63) is 15.9 Å². The van der Waals surface area contributed by atoms with Gasteiger partial charge in [-0.1, -0.05) is 0 Å². The quantitative estimate of drug-likeness (QED) is 0.926. The van der Waals surface area contributed by atoms with E-state index in [0.717, 1.165) is 15.1 Å². The highest BCUT2D eigenvalue weighted by Crippen LogP contribution is 2.25. The first-order valence-corrected chi connectivity index (χ1v) is 7.19. The highest BCUT2D eigenvalue weighted by molar-refractivity contribution is 9.11. The van der Waals surface area contributed by atoms with E-state index in [1.165, 1.54) is 6.07 Å². The Morgan fingerprint density at radius 2 is 2.33 bits per heavy atom. The minimum atomic E-state index is -3.47. The first-order valence-electron chi connectivity index (χ1n) is 4.10. The maximum atomic E-state index is 11.7. The summed E-state index contributed by atoms with van der Waals surface area (Å²) in [5.41, 5.74) is 0. The summed E-state index contributed by atoms with van der Waals surface area (Å²) >= 11 is 4.33. The SMILES string of the molecule is CC(CC#N)NS(=O)(=O)c1ccc(Br)s1. The molecule has 1 heterocycles. The fourth-order valence-corrected chi connectivity index (χ4v) is 4.21. The molecule has 0 aliphatic rings. The second-order valence-corrected chi connectivity index (χ2v) is 7.35. The summed E-state index contributed by atoms with van der Waals surface area (Å²) in [4.78, 5) is 0. The second-order valence-electron chi connectivity index (χ2n) is 2.94. The highest BCUT2D eigenvalue weighted by Gasteiger charge is 2.18. The number of sulfonamides is 1. The van der Waals surface area contributed by atoms with Gasteiger partial charge in [0.05, 0.1) is 16.3 Å². The zero-order valence-corrected chi connectivity index (χ0v) is 11.1. The van der Waals surface area contributed by atoms with Crippen molar-refractivity contribution in [2.45, 2.75) is 23.6 Å². The van der Waals surface area contributed by atoms with Gasteiger partial charge in [0.15, 0.2) is 0 Å². The van der Waals surface area contributed by atoms with Crippen LogP contribution in [0.15, 0.2) is 20.1 Å². The first-order chi connectivity index (χ1) is 6.95. The fraction of sp³-hybridized carbons (Fsp3) is 0.375. The van der Waals surface area contributed by atoms with Crippen molar-refractivity contribution in [1.82, 2.24) is 4.72 Å². The summed E-state index contributed by atoms with van der Waals surface area (Å²) in [6.07, 6.45) is 0.159. The molecule has 7 heteroatoms. The summed E-state index contributed by atoms with van der Waals surface area (Å²) in [5, 5.41) is 8.42. The van der Waals surface area contributed by atoms with Crippen LogP contribution in [0.3, 0.4) is 0 Å². The van der Waals surface area contributed by atoms with Crippen LogP contribution in [-0.2, 0) is 10.0 Å². The molecule has 1 rings (SSSR count). The lowest BCUT2D eigenvalue weighted by Gasteiger charge is -2.08. The smallest absolute Gasteiger partial charge is 0.207 e. The van der Waals surface area contributed by atoms with Gasteiger partial charge >= 0.3 is 0 Å². The van der Waals surface area contributed by atoms with Gasteiger partial charge in [0.2, 0.25) is 10.0 Å². The van der Waals surface area contributed by atoms with E-state index in [0.29, 0.717) is 0 Å². The van der Waals surface area contributed by atoms with Crippen LogP contribution < -0.4 is 4.72 Å². The highest BCUT2D eigenvalue weighted by atomic mass is 79.9. The summed E-state index contributed by atoms with van der Waals surface area (Å²) in [6.45, 7) is 1.66. The third-order valence-corrected chi connectivity index (χ3v) is 5.27. The van der Waals surface area contributed by atoms with Crippen molar-refractivity contribution >= 4 is 37.3 Å². The average Bonchev–Trinajstić information content (AvgIpc) is 2.51. The number of nitrogens with zero attached hydrogens (tertiary/aromatic N) is 1. The molecule has 0 saturated carbocycles. The Morgan fingerprint density at radius 1 is 1.67 bits per heavy atom. The average molecular weight is 309 g/mol. The molecule has 0 amide bonds. The van der Waals surface area contributed by atoms with Crippen LogP contribution in [0.5, 0.6) is 0 Å². The van der Waals surface area contributed by atoms with E-state index in [2.05, 4.69) is 20.7 Å². The van der Waals surface area contributed by atoms with Gasteiger partial charge in [-0.05, 0) is 35.0 Å². The normalized spacial score (nSPS) is 13.4. The van der Waals surface area contributed by atoms with Crippen LogP contribution in [0.2, 0.25) is 0 Å². The molecule has 0 saturated heterocycles. The van der Waals surface area contributed by atoms with Crippen LogP contribution in [0.4, 0.5) is 0 Å². The molecule has 0 spiro atoms. The van der Waals surface area contributed by atoms with Crippen molar-refractivity contribution in [3.8, 4) is 6.07 Å². The number of nitrogens with one attached hydrogen (secondary N) is 1. The zero-order valence-electron chi connectivity index (χ0n) is 7.90. The minimum Gasteiger partial charge on any atom is -0.207 e. The lowest BCUT2D eigenvalue weighted by atomic mass is 10.3. The number of hydrogen-bond donors (Lipinski definition) is 1. The van der Waals surface area contributed by atoms with Crippen LogP contribution in [0.1, 0.15) is 13.3 Å². The molecule has 0 aromatic carbocycles. The maximum absolute atomic E-state index is 11.7. The van der Waals surface area contributed by atoms with Gasteiger partial charge in [-0.2, -0.15) is 5.26 Å². The second kappa shape index (κ2) is 5.07. The maximum Gasteiger partial charge on any atom is 0.250 e. The van der Waals surface area contributed by atoms with Gasteiger partial charge in [0.25, 0.3) is 0 Å². The molecule has 0 aliphatic heterocycles. The van der Waals surface area contributed by atoms with Gasteiger partial charge in [-0.3, -0.25) is 0 Å². The fourth-order valence-electron chi connectivity index (χ4n) is 0.944. The van der Waals surface area contributed by atoms with E-state index in [-0.39, 0.29) is 16.7 Å². The third kappa shape index (κ3) is 3.57. The number of hydrogen-bond acceptors (Lipinski definition) is 4. The van der Waals surface area contributed by atoms with Crippen molar-refractivity contribution in [3.63, 3.8) is 0 Å². The summed E-state index contributed by atoms with van der Waals surface area (Å²) in [6, 6.07) is 4.74. The topological polar surface area (TPSA) is 70.0 Å². The van der Waals surface area contributed by atoms with Crippen molar-refractivity contribution in [2.24, 2.45) is 0 Å². The molecule has 0 fully saturated rings. The lowest BCUT2D eigenvalue weighted by molar-refractivity contribution is 0.565. The monoisotopic (exact) mass is 308 g/mol. The predicted molar refractivity (Wildman–Crippen MR) is 62.0 cm³/mol. The molecule has 82 valence electrons. The van der Waals surface area contributed by atoms with Crippen molar-refractivity contribution < 1.29 is 8.42 Å². The molecule has 15 heavy (non-hydrogen) atoms. The Morgan fingerprint density at radius 3 is 2.80 bits per heavy atom. The van der Waals surface area contributed by atoms with Gasteiger partial charge in [0.1, 0.15) is 4.21 Å². The summed E-state index contributed by atoms with van der Waals surface area (Å²) in [5.74, 6) is 0. The molecule has 0 radical (unpaired) electrons. The molecule has 0 bridgehead atoms. The lowest BCUT2D eigenvalue weighted by Crippen LogP contribution is -2.31. The number of thiophene rings is 1. The number of nitriles is 1. The molecule has 1 aromatic rings. The molecule has 0 aliphatic carbocycles. The standard InChI is InChI=1S/C8H9BrN2O2S2/c1-6(4-5-10)11-15(12,13)8-3-2-7(9)14-8/h2-3,6,11H,4H2,1H3. The van der Waals surface area contributed by atoms with Crippen LogP contribution in [0.25, 0.3) is 0 Å². The van der Waals surface area contributed by atoms with E-state index in [1.54, 1.807) is 13.0 Å². The first kappa shape index (κ1) is 12.6. The van der Waals surface area contributed by atoms with Crippen LogP contribution in [-0.4, -0.2) is 14.5 Å². The molecule has 1 atom stereocenters.